The molecule has 1 aromatic heterocycles. The second-order valence-electron chi connectivity index (χ2n) is 3.93. The van der Waals surface area contributed by atoms with Crippen LogP contribution in [0.15, 0.2) is 29.4 Å². The summed E-state index contributed by atoms with van der Waals surface area (Å²) in [5, 5.41) is 14.8. The Hall–Kier alpha value is -2.04. The fourth-order valence-electron chi connectivity index (χ4n) is 1.37. The molecule has 2 aromatic rings. The van der Waals surface area contributed by atoms with Gasteiger partial charge >= 0.3 is 0 Å². The zero-order valence-electron chi connectivity index (χ0n) is 11.2. The maximum atomic E-state index is 11.6. The van der Waals surface area contributed by atoms with Crippen LogP contribution in [0.3, 0.4) is 0 Å². The Morgan fingerprint density at radius 1 is 1.48 bits per heavy atom. The zero-order valence-corrected chi connectivity index (χ0v) is 12.8. The van der Waals surface area contributed by atoms with Gasteiger partial charge in [0.2, 0.25) is 11.1 Å². The van der Waals surface area contributed by atoms with Crippen LogP contribution in [0.4, 0.5) is 0 Å². The van der Waals surface area contributed by atoms with Crippen molar-refractivity contribution in [2.75, 3.05) is 12.3 Å². The third-order valence-corrected chi connectivity index (χ3v) is 3.72. The fraction of sp³-hybridized carbons (Fsp3) is 0.231. The molecule has 1 aromatic carbocycles. The number of benzene rings is 1. The van der Waals surface area contributed by atoms with E-state index in [1.165, 1.54) is 16.4 Å². The Labute approximate surface area is 131 Å². The Kier molecular flexibility index (Phi) is 5.60. The highest BCUT2D eigenvalue weighted by Crippen LogP contribution is 2.13. The summed E-state index contributed by atoms with van der Waals surface area (Å²) in [5.41, 5.74) is 0.743. The Morgan fingerprint density at radius 3 is 3.00 bits per heavy atom. The molecule has 21 heavy (non-hydrogen) atoms. The SMILES string of the molecule is Cn1nnnc1SCC(=O)NCC#Cc1ccccc1Cl. The molecule has 1 amide bonds. The van der Waals surface area contributed by atoms with E-state index in [1.54, 1.807) is 13.1 Å². The summed E-state index contributed by atoms with van der Waals surface area (Å²) < 4.78 is 1.51. The molecule has 1 heterocycles. The summed E-state index contributed by atoms with van der Waals surface area (Å²) in [6, 6.07) is 7.30. The smallest absolute Gasteiger partial charge is 0.231 e. The van der Waals surface area contributed by atoms with Gasteiger partial charge in [0.25, 0.3) is 0 Å². The molecule has 0 unspecified atom stereocenters. The number of carbonyl (C=O) groups is 1. The summed E-state index contributed by atoms with van der Waals surface area (Å²) in [6.07, 6.45) is 0. The number of hydrogen-bond donors (Lipinski definition) is 1. The molecule has 6 nitrogen and oxygen atoms in total. The normalized spacial score (nSPS) is 9.81. The van der Waals surface area contributed by atoms with Crippen LogP contribution in [0, 0.1) is 11.8 Å². The summed E-state index contributed by atoms with van der Waals surface area (Å²) in [7, 11) is 1.72. The molecule has 0 spiro atoms. The van der Waals surface area contributed by atoms with E-state index in [1.807, 2.05) is 18.2 Å². The lowest BCUT2D eigenvalue weighted by Crippen LogP contribution is -2.25. The van der Waals surface area contributed by atoms with Crippen LogP contribution in [-0.2, 0) is 11.8 Å². The average molecular weight is 322 g/mol. The predicted molar refractivity (Wildman–Crippen MR) is 80.9 cm³/mol. The number of tetrazole rings is 1. The molecule has 8 heteroatoms. The van der Waals surface area contributed by atoms with Gasteiger partial charge in [0.1, 0.15) is 0 Å². The first-order chi connectivity index (χ1) is 10.2. The van der Waals surface area contributed by atoms with Crippen LogP contribution >= 0.6 is 23.4 Å². The minimum Gasteiger partial charge on any atom is -0.344 e. The molecule has 0 bridgehead atoms. The van der Waals surface area contributed by atoms with E-state index < -0.39 is 0 Å². The fourth-order valence-corrected chi connectivity index (χ4v) is 2.23. The first-order valence-corrected chi connectivity index (χ1v) is 7.38. The van der Waals surface area contributed by atoms with Crippen LogP contribution in [0.25, 0.3) is 0 Å². The first-order valence-electron chi connectivity index (χ1n) is 6.02. The van der Waals surface area contributed by atoms with Crippen LogP contribution in [0.5, 0.6) is 0 Å². The topological polar surface area (TPSA) is 72.7 Å². The number of halogens is 1. The Balaban J connectivity index is 1.75. The number of thioether (sulfide) groups is 1. The third kappa shape index (κ3) is 4.77. The maximum absolute atomic E-state index is 11.6. The lowest BCUT2D eigenvalue weighted by Gasteiger charge is -2.00. The van der Waals surface area contributed by atoms with Gasteiger partial charge in [-0.2, -0.15) is 0 Å². The highest BCUT2D eigenvalue weighted by molar-refractivity contribution is 7.99. The van der Waals surface area contributed by atoms with Crippen LogP contribution in [-0.4, -0.2) is 38.4 Å². The van der Waals surface area contributed by atoms with Gasteiger partial charge in [-0.1, -0.05) is 47.3 Å². The average Bonchev–Trinajstić information content (AvgIpc) is 2.88. The number of aryl methyl sites for hydroxylation is 1. The predicted octanol–water partition coefficient (Wildman–Crippen LogP) is 1.12. The van der Waals surface area contributed by atoms with Crippen molar-refractivity contribution in [3.8, 4) is 11.8 Å². The number of nitrogens with zero attached hydrogens (tertiary/aromatic N) is 4. The van der Waals surface area contributed by atoms with Crippen molar-refractivity contribution >= 4 is 29.3 Å². The minimum absolute atomic E-state index is 0.128. The molecule has 108 valence electrons. The molecule has 2 rings (SSSR count). The van der Waals surface area contributed by atoms with Crippen molar-refractivity contribution in [1.82, 2.24) is 25.5 Å². The van der Waals surface area contributed by atoms with Gasteiger partial charge in [-0.05, 0) is 22.6 Å². The zero-order chi connectivity index (χ0) is 15.1. The molecule has 0 aliphatic heterocycles. The van der Waals surface area contributed by atoms with E-state index in [-0.39, 0.29) is 18.2 Å². The molecular weight excluding hydrogens is 310 g/mol. The van der Waals surface area contributed by atoms with Crippen LogP contribution < -0.4 is 5.32 Å². The molecule has 0 saturated heterocycles. The van der Waals surface area contributed by atoms with E-state index in [4.69, 9.17) is 11.6 Å². The lowest BCUT2D eigenvalue weighted by molar-refractivity contribution is -0.118. The molecule has 0 aliphatic carbocycles. The van der Waals surface area contributed by atoms with E-state index in [0.29, 0.717) is 10.2 Å². The lowest BCUT2D eigenvalue weighted by atomic mass is 10.2. The standard InChI is InChI=1S/C13H12ClN5OS/c1-19-13(16-17-18-19)21-9-12(20)15-8-4-6-10-5-2-3-7-11(10)14/h2-3,5,7H,8-9H2,1H3,(H,15,20). The number of hydrogen-bond acceptors (Lipinski definition) is 5. The molecule has 0 saturated carbocycles. The second kappa shape index (κ2) is 7.67. The first kappa shape index (κ1) is 15.4. The molecule has 0 radical (unpaired) electrons. The number of aromatic nitrogens is 4. The van der Waals surface area contributed by atoms with Crippen molar-refractivity contribution < 1.29 is 4.79 Å². The maximum Gasteiger partial charge on any atom is 0.231 e. The summed E-state index contributed by atoms with van der Waals surface area (Å²) in [6.45, 7) is 0.266. The number of nitrogens with one attached hydrogen (secondary N) is 1. The Bertz CT molecular complexity index is 691. The second-order valence-corrected chi connectivity index (χ2v) is 5.28. The molecule has 0 aliphatic rings. The van der Waals surface area contributed by atoms with Gasteiger partial charge in [-0.3, -0.25) is 4.79 Å². The van der Waals surface area contributed by atoms with Crippen molar-refractivity contribution in [1.29, 1.82) is 0 Å². The van der Waals surface area contributed by atoms with E-state index in [9.17, 15) is 4.79 Å². The van der Waals surface area contributed by atoms with E-state index in [0.717, 1.165) is 5.56 Å². The summed E-state index contributed by atoms with van der Waals surface area (Å²) in [4.78, 5) is 11.6. The quantitative estimate of drug-likeness (QED) is 0.675. The van der Waals surface area contributed by atoms with Gasteiger partial charge in [0, 0.05) is 12.6 Å². The minimum atomic E-state index is -0.128. The van der Waals surface area contributed by atoms with Gasteiger partial charge in [-0.15, -0.1) is 5.10 Å². The highest BCUT2D eigenvalue weighted by Gasteiger charge is 2.06. The highest BCUT2D eigenvalue weighted by atomic mass is 35.5. The largest absolute Gasteiger partial charge is 0.344 e. The van der Waals surface area contributed by atoms with Gasteiger partial charge in [0.15, 0.2) is 0 Å². The monoisotopic (exact) mass is 321 g/mol. The van der Waals surface area contributed by atoms with Crippen molar-refractivity contribution in [3.05, 3.63) is 34.9 Å². The molecule has 0 fully saturated rings. The van der Waals surface area contributed by atoms with Crippen molar-refractivity contribution in [2.45, 2.75) is 5.16 Å². The van der Waals surface area contributed by atoms with Crippen LogP contribution in [0.1, 0.15) is 5.56 Å². The summed E-state index contributed by atoms with van der Waals surface area (Å²) in [5.74, 6) is 5.87. The number of rotatable bonds is 4. The molecular formula is C13H12ClN5OS. The Morgan fingerprint density at radius 2 is 2.29 bits per heavy atom. The van der Waals surface area contributed by atoms with Crippen molar-refractivity contribution in [2.24, 2.45) is 7.05 Å². The third-order valence-electron chi connectivity index (χ3n) is 2.38. The van der Waals surface area contributed by atoms with Gasteiger partial charge in [0.05, 0.1) is 17.3 Å². The molecule has 0 atom stereocenters. The number of carbonyl (C=O) groups excluding carboxylic acids is 1. The van der Waals surface area contributed by atoms with Crippen LogP contribution in [0.2, 0.25) is 5.02 Å². The number of amides is 1. The van der Waals surface area contributed by atoms with E-state index in [2.05, 4.69) is 32.7 Å². The van der Waals surface area contributed by atoms with Gasteiger partial charge in [-0.25, -0.2) is 4.68 Å². The van der Waals surface area contributed by atoms with Gasteiger partial charge < -0.3 is 5.32 Å². The van der Waals surface area contributed by atoms with E-state index >= 15 is 0 Å². The van der Waals surface area contributed by atoms with Crippen molar-refractivity contribution in [3.63, 3.8) is 0 Å². The summed E-state index contributed by atoms with van der Waals surface area (Å²) >= 11 is 7.24. The molecule has 1 N–H and O–H groups in total.